The number of hydrogen-bond acceptors (Lipinski definition) is 6. The third-order valence-corrected chi connectivity index (χ3v) is 5.48. The number of thioether (sulfide) groups is 1. The Balaban J connectivity index is 2.35. The molecule has 0 atom stereocenters. The summed E-state index contributed by atoms with van der Waals surface area (Å²) in [4.78, 5) is 37.2. The highest BCUT2D eigenvalue weighted by atomic mass is 32.2. The van der Waals surface area contributed by atoms with Crippen molar-refractivity contribution in [2.45, 2.75) is 31.8 Å². The molecule has 29 heavy (non-hydrogen) atoms. The van der Waals surface area contributed by atoms with Crippen molar-refractivity contribution in [1.29, 1.82) is 0 Å². The van der Waals surface area contributed by atoms with Crippen molar-refractivity contribution in [3.05, 3.63) is 64.1 Å². The molecule has 0 saturated carbocycles. The summed E-state index contributed by atoms with van der Waals surface area (Å²) in [5, 5.41) is 0.734. The standard InChI is InChI=1S/C22H23N3O3S/c1-6-11-29-22-24-19-18(20(26)25-22)17(16(13(4)23-19)21(27)28-5)15-9-7-14(8-10-15)12(2)3/h6-10,12H,1,11H2,2-5H3,(H,23,24,25,26). The van der Waals surface area contributed by atoms with E-state index in [0.717, 1.165) is 5.56 Å². The number of carbonyl (C=O) groups excluding carboxylic acids is 1. The van der Waals surface area contributed by atoms with Crippen LogP contribution in [0, 0.1) is 6.92 Å². The SMILES string of the molecule is C=CCSc1nc2nc(C)c(C(=O)OC)c(-c3ccc(C(C)C)cc3)c2c(=O)[nH]1. The van der Waals surface area contributed by atoms with Crippen LogP contribution in [0.4, 0.5) is 0 Å². The Morgan fingerprint density at radius 1 is 1.28 bits per heavy atom. The highest BCUT2D eigenvalue weighted by molar-refractivity contribution is 7.99. The first kappa shape index (κ1) is 20.8. The van der Waals surface area contributed by atoms with Crippen LogP contribution in [0.25, 0.3) is 22.2 Å². The van der Waals surface area contributed by atoms with Crippen LogP contribution in [0.15, 0.2) is 46.9 Å². The van der Waals surface area contributed by atoms with Crippen LogP contribution in [-0.2, 0) is 4.74 Å². The topological polar surface area (TPSA) is 84.9 Å². The third-order valence-electron chi connectivity index (χ3n) is 4.61. The maximum absolute atomic E-state index is 13.0. The van der Waals surface area contributed by atoms with E-state index in [2.05, 4.69) is 35.4 Å². The van der Waals surface area contributed by atoms with E-state index in [0.29, 0.717) is 33.7 Å². The molecule has 0 aliphatic carbocycles. The van der Waals surface area contributed by atoms with E-state index in [4.69, 9.17) is 4.74 Å². The van der Waals surface area contributed by atoms with E-state index in [1.54, 1.807) is 13.0 Å². The Labute approximate surface area is 173 Å². The van der Waals surface area contributed by atoms with Crippen molar-refractivity contribution < 1.29 is 9.53 Å². The Kier molecular flexibility index (Phi) is 6.17. The van der Waals surface area contributed by atoms with Gasteiger partial charge in [0.2, 0.25) is 0 Å². The number of aromatic nitrogens is 3. The van der Waals surface area contributed by atoms with Gasteiger partial charge in [-0.15, -0.1) is 6.58 Å². The van der Waals surface area contributed by atoms with E-state index in [1.165, 1.54) is 24.4 Å². The molecule has 0 saturated heterocycles. The molecule has 2 aromatic heterocycles. The second kappa shape index (κ2) is 8.61. The first-order valence-electron chi connectivity index (χ1n) is 9.24. The maximum atomic E-state index is 13.0. The average Bonchev–Trinajstić information content (AvgIpc) is 2.70. The number of aromatic amines is 1. The van der Waals surface area contributed by atoms with Gasteiger partial charge in [-0.25, -0.2) is 14.8 Å². The molecule has 3 rings (SSSR count). The normalized spacial score (nSPS) is 11.1. The van der Waals surface area contributed by atoms with Gasteiger partial charge in [0, 0.05) is 11.3 Å². The minimum absolute atomic E-state index is 0.274. The molecule has 6 nitrogen and oxygen atoms in total. The number of pyridine rings is 1. The van der Waals surface area contributed by atoms with Gasteiger partial charge in [0.05, 0.1) is 23.8 Å². The molecule has 0 fully saturated rings. The highest BCUT2D eigenvalue weighted by Gasteiger charge is 2.24. The fourth-order valence-corrected chi connectivity index (χ4v) is 3.74. The zero-order chi connectivity index (χ0) is 21.1. The first-order valence-corrected chi connectivity index (χ1v) is 10.2. The van der Waals surface area contributed by atoms with Gasteiger partial charge >= 0.3 is 5.97 Å². The van der Waals surface area contributed by atoms with E-state index >= 15 is 0 Å². The lowest BCUT2D eigenvalue weighted by Crippen LogP contribution is -2.16. The average molecular weight is 410 g/mol. The number of benzene rings is 1. The highest BCUT2D eigenvalue weighted by Crippen LogP contribution is 2.32. The number of H-pyrrole nitrogens is 1. The Morgan fingerprint density at radius 2 is 1.97 bits per heavy atom. The monoisotopic (exact) mass is 409 g/mol. The van der Waals surface area contributed by atoms with Gasteiger partial charge in [-0.2, -0.15) is 0 Å². The van der Waals surface area contributed by atoms with Gasteiger partial charge in [-0.05, 0) is 24.0 Å². The number of nitrogens with one attached hydrogen (secondary N) is 1. The van der Waals surface area contributed by atoms with Crippen molar-refractivity contribution in [1.82, 2.24) is 15.0 Å². The minimum Gasteiger partial charge on any atom is -0.465 e. The second-order valence-corrected chi connectivity index (χ2v) is 7.89. The van der Waals surface area contributed by atoms with E-state index in [1.807, 2.05) is 24.3 Å². The van der Waals surface area contributed by atoms with Gasteiger partial charge in [0.15, 0.2) is 10.8 Å². The number of rotatable bonds is 6. The molecule has 1 N–H and O–H groups in total. The summed E-state index contributed by atoms with van der Waals surface area (Å²) in [7, 11) is 1.31. The summed E-state index contributed by atoms with van der Waals surface area (Å²) < 4.78 is 4.98. The Bertz CT molecular complexity index is 1130. The molecule has 3 aromatic rings. The summed E-state index contributed by atoms with van der Waals surface area (Å²) >= 11 is 1.36. The number of hydrogen-bond donors (Lipinski definition) is 1. The van der Waals surface area contributed by atoms with Crippen molar-refractivity contribution in [2.75, 3.05) is 12.9 Å². The van der Waals surface area contributed by atoms with Gasteiger partial charge in [0.25, 0.3) is 5.56 Å². The van der Waals surface area contributed by atoms with Gasteiger partial charge in [0.1, 0.15) is 0 Å². The van der Waals surface area contributed by atoms with Crippen molar-refractivity contribution in [3.8, 4) is 11.1 Å². The van der Waals surface area contributed by atoms with Gasteiger partial charge in [-0.3, -0.25) is 4.79 Å². The largest absolute Gasteiger partial charge is 0.465 e. The molecule has 1 aromatic carbocycles. The zero-order valence-electron chi connectivity index (χ0n) is 16.9. The number of nitrogens with zero attached hydrogens (tertiary/aromatic N) is 2. The lowest BCUT2D eigenvalue weighted by atomic mass is 9.93. The molecular formula is C22H23N3O3S. The van der Waals surface area contributed by atoms with E-state index in [-0.39, 0.29) is 16.5 Å². The van der Waals surface area contributed by atoms with Crippen molar-refractivity contribution in [2.24, 2.45) is 0 Å². The predicted molar refractivity (Wildman–Crippen MR) is 117 cm³/mol. The van der Waals surface area contributed by atoms with Crippen LogP contribution < -0.4 is 5.56 Å². The maximum Gasteiger partial charge on any atom is 0.340 e. The number of methoxy groups -OCH3 is 1. The summed E-state index contributed by atoms with van der Waals surface area (Å²) in [6.07, 6.45) is 1.73. The molecule has 0 aliphatic rings. The quantitative estimate of drug-likeness (QED) is 0.280. The number of fused-ring (bicyclic) bond motifs is 1. The summed E-state index contributed by atoms with van der Waals surface area (Å²) in [5.74, 6) is 0.441. The molecule has 0 aliphatic heterocycles. The number of carbonyl (C=O) groups is 1. The second-order valence-electron chi connectivity index (χ2n) is 6.88. The fraction of sp³-hybridized carbons (Fsp3) is 0.273. The molecule has 150 valence electrons. The smallest absolute Gasteiger partial charge is 0.340 e. The van der Waals surface area contributed by atoms with Gasteiger partial charge < -0.3 is 9.72 Å². The minimum atomic E-state index is -0.538. The van der Waals surface area contributed by atoms with Crippen LogP contribution in [0.1, 0.15) is 41.4 Å². The lowest BCUT2D eigenvalue weighted by molar-refractivity contribution is 0.0600. The third kappa shape index (κ3) is 4.10. The summed E-state index contributed by atoms with van der Waals surface area (Å²) in [6, 6.07) is 7.82. The Morgan fingerprint density at radius 3 is 2.55 bits per heavy atom. The zero-order valence-corrected chi connectivity index (χ0v) is 17.7. The van der Waals surface area contributed by atoms with Crippen molar-refractivity contribution >= 4 is 28.8 Å². The molecule has 0 unspecified atom stereocenters. The fourth-order valence-electron chi connectivity index (χ4n) is 3.15. The molecular weight excluding hydrogens is 386 g/mol. The van der Waals surface area contributed by atoms with Crippen LogP contribution >= 0.6 is 11.8 Å². The van der Waals surface area contributed by atoms with E-state index in [9.17, 15) is 9.59 Å². The van der Waals surface area contributed by atoms with Crippen LogP contribution in [-0.4, -0.2) is 33.8 Å². The molecule has 2 heterocycles. The predicted octanol–water partition coefficient (Wildman–Crippen LogP) is 4.48. The van der Waals surface area contributed by atoms with Gasteiger partial charge in [-0.1, -0.05) is 56.0 Å². The lowest BCUT2D eigenvalue weighted by Gasteiger charge is -2.15. The number of aryl methyl sites for hydroxylation is 1. The van der Waals surface area contributed by atoms with Crippen LogP contribution in [0.5, 0.6) is 0 Å². The summed E-state index contributed by atoms with van der Waals surface area (Å²) in [6.45, 7) is 9.62. The molecule has 0 amide bonds. The van der Waals surface area contributed by atoms with Crippen LogP contribution in [0.3, 0.4) is 0 Å². The first-order chi connectivity index (χ1) is 13.9. The number of esters is 1. The Hall–Kier alpha value is -2.93. The van der Waals surface area contributed by atoms with E-state index < -0.39 is 5.97 Å². The van der Waals surface area contributed by atoms with Crippen LogP contribution in [0.2, 0.25) is 0 Å². The summed E-state index contributed by atoms with van der Waals surface area (Å²) in [5.41, 5.74) is 3.09. The van der Waals surface area contributed by atoms with Crippen molar-refractivity contribution in [3.63, 3.8) is 0 Å². The molecule has 0 bridgehead atoms. The molecule has 7 heteroatoms. The molecule has 0 radical (unpaired) electrons. The molecule has 0 spiro atoms. The number of ether oxygens (including phenoxy) is 1.